The van der Waals surface area contributed by atoms with Crippen molar-refractivity contribution in [2.45, 2.75) is 13.8 Å². The van der Waals surface area contributed by atoms with Crippen LogP contribution in [0.1, 0.15) is 29.8 Å². The van der Waals surface area contributed by atoms with Crippen molar-refractivity contribution < 1.29 is 9.90 Å². The van der Waals surface area contributed by atoms with E-state index in [0.29, 0.717) is 34.3 Å². The number of anilines is 1. The summed E-state index contributed by atoms with van der Waals surface area (Å²) in [5, 5.41) is 17.4. The maximum atomic E-state index is 12.9. The largest absolute Gasteiger partial charge is 0.507 e. The van der Waals surface area contributed by atoms with Crippen molar-refractivity contribution >= 4 is 56.1 Å². The lowest BCUT2D eigenvalue weighted by molar-refractivity contribution is 0.0951. The third kappa shape index (κ3) is 4.09. The summed E-state index contributed by atoms with van der Waals surface area (Å²) in [6.07, 6.45) is 1.46. The minimum absolute atomic E-state index is 0.0633. The van der Waals surface area contributed by atoms with Crippen LogP contribution in [-0.2, 0) is 0 Å². The molecule has 0 unspecified atom stereocenters. The first-order chi connectivity index (χ1) is 14.8. The molecule has 0 spiro atoms. The average molecular weight is 481 g/mol. The molecule has 31 heavy (non-hydrogen) atoms. The minimum atomic E-state index is -0.333. The van der Waals surface area contributed by atoms with Crippen molar-refractivity contribution in [3.8, 4) is 5.75 Å². The molecule has 2 heterocycles. The van der Waals surface area contributed by atoms with E-state index in [4.69, 9.17) is 5.73 Å². The number of benzene rings is 2. The second kappa shape index (κ2) is 8.35. The topological polar surface area (TPSA) is 118 Å². The number of carbonyl (C=O) groups excluding carboxylic acids is 1. The highest BCUT2D eigenvalue weighted by molar-refractivity contribution is 9.10. The fourth-order valence-electron chi connectivity index (χ4n) is 3.12. The molecule has 0 aliphatic heterocycles. The summed E-state index contributed by atoms with van der Waals surface area (Å²) in [7, 11) is 0. The number of halogens is 1. The molecule has 0 fully saturated rings. The van der Waals surface area contributed by atoms with Gasteiger partial charge in [0, 0.05) is 16.6 Å². The number of nitrogens with two attached hydrogens (primary N) is 1. The summed E-state index contributed by atoms with van der Waals surface area (Å²) in [6, 6.07) is 12.4. The van der Waals surface area contributed by atoms with Crippen LogP contribution in [0.5, 0.6) is 5.75 Å². The van der Waals surface area contributed by atoms with E-state index < -0.39 is 0 Å². The Bertz CT molecular complexity index is 1330. The molecule has 2 aromatic heterocycles. The van der Waals surface area contributed by atoms with Gasteiger partial charge >= 0.3 is 0 Å². The van der Waals surface area contributed by atoms with Crippen molar-refractivity contribution in [2.24, 2.45) is 11.0 Å². The van der Waals surface area contributed by atoms with E-state index >= 15 is 0 Å². The molecule has 158 valence electrons. The summed E-state index contributed by atoms with van der Waals surface area (Å²) in [5.41, 5.74) is 9.10. The number of hydrogen-bond donors (Lipinski definition) is 3. The monoisotopic (exact) mass is 480 g/mol. The molecule has 4 N–H and O–H groups in total. The van der Waals surface area contributed by atoms with Gasteiger partial charge in [-0.15, -0.1) is 0 Å². The summed E-state index contributed by atoms with van der Waals surface area (Å²) >= 11 is 3.38. The fraction of sp³-hybridized carbons (Fsp3) is 0.182. The van der Waals surface area contributed by atoms with E-state index in [9.17, 15) is 9.90 Å². The van der Waals surface area contributed by atoms with Crippen LogP contribution in [0.3, 0.4) is 0 Å². The highest BCUT2D eigenvalue weighted by Gasteiger charge is 2.24. The fourth-order valence-corrected chi connectivity index (χ4v) is 3.50. The van der Waals surface area contributed by atoms with Crippen LogP contribution in [0.15, 0.2) is 52.0 Å². The lowest BCUT2D eigenvalue weighted by Gasteiger charge is -2.07. The SMILES string of the molecule is CC(C)CNC(=O)c1c(N)n(/N=C\c2cc(Br)ccc2O)c2nc3ccccc3nc12. The number of rotatable bonds is 5. The third-order valence-corrected chi connectivity index (χ3v) is 5.17. The maximum Gasteiger partial charge on any atom is 0.257 e. The number of amides is 1. The van der Waals surface area contributed by atoms with Gasteiger partial charge in [0.1, 0.15) is 22.6 Å². The number of nitrogens with zero attached hydrogens (tertiary/aromatic N) is 4. The van der Waals surface area contributed by atoms with Gasteiger partial charge in [0.05, 0.1) is 17.2 Å². The van der Waals surface area contributed by atoms with Gasteiger partial charge in [0.25, 0.3) is 5.91 Å². The van der Waals surface area contributed by atoms with Crippen molar-refractivity contribution in [3.63, 3.8) is 0 Å². The maximum absolute atomic E-state index is 12.9. The van der Waals surface area contributed by atoms with Gasteiger partial charge in [-0.2, -0.15) is 9.78 Å². The van der Waals surface area contributed by atoms with Gasteiger partial charge in [-0.25, -0.2) is 9.97 Å². The van der Waals surface area contributed by atoms with Crippen LogP contribution in [-0.4, -0.2) is 38.4 Å². The molecule has 0 saturated carbocycles. The van der Waals surface area contributed by atoms with Crippen molar-refractivity contribution in [1.29, 1.82) is 0 Å². The summed E-state index contributed by atoms with van der Waals surface area (Å²) < 4.78 is 2.16. The van der Waals surface area contributed by atoms with Crippen molar-refractivity contribution in [2.75, 3.05) is 12.3 Å². The Kier molecular flexibility index (Phi) is 5.60. The first-order valence-electron chi connectivity index (χ1n) is 9.73. The first kappa shape index (κ1) is 20.8. The van der Waals surface area contributed by atoms with E-state index in [1.54, 1.807) is 18.2 Å². The number of aromatic nitrogens is 3. The number of nitrogens with one attached hydrogen (secondary N) is 1. The zero-order valence-corrected chi connectivity index (χ0v) is 18.6. The molecule has 9 heteroatoms. The Morgan fingerprint density at radius 2 is 1.97 bits per heavy atom. The predicted molar refractivity (Wildman–Crippen MR) is 125 cm³/mol. The van der Waals surface area contributed by atoms with Crippen LogP contribution in [0.25, 0.3) is 22.2 Å². The number of phenols is 1. The second-order valence-corrected chi connectivity index (χ2v) is 8.42. The van der Waals surface area contributed by atoms with E-state index in [0.717, 1.165) is 4.47 Å². The van der Waals surface area contributed by atoms with Crippen molar-refractivity contribution in [3.05, 3.63) is 58.1 Å². The molecule has 0 aliphatic carbocycles. The molecule has 1 amide bonds. The van der Waals surface area contributed by atoms with Crippen LogP contribution in [0, 0.1) is 5.92 Å². The molecule has 0 saturated heterocycles. The normalized spacial score (nSPS) is 11.7. The summed E-state index contributed by atoms with van der Waals surface area (Å²) in [5.74, 6) is 0.133. The molecule has 8 nitrogen and oxygen atoms in total. The zero-order chi connectivity index (χ0) is 22.1. The predicted octanol–water partition coefficient (Wildman–Crippen LogP) is 3.90. The van der Waals surface area contributed by atoms with Crippen LogP contribution in [0.2, 0.25) is 0 Å². The average Bonchev–Trinajstić information content (AvgIpc) is 3.01. The smallest absolute Gasteiger partial charge is 0.257 e. The Labute approximate surface area is 186 Å². The molecular weight excluding hydrogens is 460 g/mol. The number of phenolic OH excluding ortho intramolecular Hbond substituents is 1. The highest BCUT2D eigenvalue weighted by Crippen LogP contribution is 2.28. The summed E-state index contributed by atoms with van der Waals surface area (Å²) in [6.45, 7) is 4.52. The lowest BCUT2D eigenvalue weighted by atomic mass is 10.2. The van der Waals surface area contributed by atoms with Crippen LogP contribution < -0.4 is 11.1 Å². The van der Waals surface area contributed by atoms with E-state index in [1.165, 1.54) is 10.9 Å². The Morgan fingerprint density at radius 1 is 1.26 bits per heavy atom. The highest BCUT2D eigenvalue weighted by atomic mass is 79.9. The quantitative estimate of drug-likeness (QED) is 0.374. The molecule has 4 aromatic rings. The molecule has 0 atom stereocenters. The second-order valence-electron chi connectivity index (χ2n) is 7.51. The molecular formula is C22H21BrN6O2. The molecule has 0 radical (unpaired) electrons. The van der Waals surface area contributed by atoms with Gasteiger partial charge in [-0.3, -0.25) is 4.79 Å². The van der Waals surface area contributed by atoms with Gasteiger partial charge in [-0.05, 0) is 36.2 Å². The zero-order valence-electron chi connectivity index (χ0n) is 17.0. The number of carbonyl (C=O) groups is 1. The van der Waals surface area contributed by atoms with Crippen LogP contribution in [0.4, 0.5) is 5.82 Å². The van der Waals surface area contributed by atoms with Gasteiger partial charge in [0.2, 0.25) is 0 Å². The van der Waals surface area contributed by atoms with Crippen LogP contribution >= 0.6 is 15.9 Å². The first-order valence-corrected chi connectivity index (χ1v) is 10.5. The Hall–Kier alpha value is -3.46. The van der Waals surface area contributed by atoms with E-state index in [1.807, 2.05) is 38.1 Å². The van der Waals surface area contributed by atoms with Crippen molar-refractivity contribution in [1.82, 2.24) is 20.0 Å². The molecule has 0 aliphatic rings. The minimum Gasteiger partial charge on any atom is -0.507 e. The van der Waals surface area contributed by atoms with Gasteiger partial charge < -0.3 is 16.2 Å². The summed E-state index contributed by atoms with van der Waals surface area (Å²) in [4.78, 5) is 22.2. The van der Waals surface area contributed by atoms with E-state index in [-0.39, 0.29) is 29.0 Å². The van der Waals surface area contributed by atoms with Gasteiger partial charge in [-0.1, -0.05) is 41.9 Å². The van der Waals surface area contributed by atoms with E-state index in [2.05, 4.69) is 36.3 Å². The standard InChI is InChI=1S/C22H21BrN6O2/c1-12(2)10-25-22(31)18-19-21(28-16-6-4-3-5-15(16)27-19)29(20(18)24)26-11-13-9-14(23)7-8-17(13)30/h3-9,11-12,30H,10,24H2,1-2H3,(H,25,31)/b26-11-. The number of para-hydroxylation sites is 2. The lowest BCUT2D eigenvalue weighted by Crippen LogP contribution is -2.28. The van der Waals surface area contributed by atoms with Gasteiger partial charge in [0.15, 0.2) is 5.65 Å². The molecule has 0 bridgehead atoms. The number of nitrogen functional groups attached to an aromatic ring is 1. The third-order valence-electron chi connectivity index (χ3n) is 4.67. The number of hydrogen-bond acceptors (Lipinski definition) is 6. The Morgan fingerprint density at radius 3 is 2.68 bits per heavy atom. The molecule has 4 rings (SSSR count). The molecule has 2 aromatic carbocycles. The Balaban J connectivity index is 1.90. The number of fused-ring (bicyclic) bond motifs is 2. The number of aromatic hydroxyl groups is 1.